The number of fused-ring (bicyclic) bond motifs is 3. The van der Waals surface area contributed by atoms with Gasteiger partial charge in [-0.15, -0.1) is 0 Å². The molecule has 2 aromatic carbocycles. The maximum absolute atomic E-state index is 3.95. The predicted molar refractivity (Wildman–Crippen MR) is 115 cm³/mol. The van der Waals surface area contributed by atoms with E-state index >= 15 is 0 Å². The topological polar surface area (TPSA) is 0 Å². The van der Waals surface area contributed by atoms with Crippen molar-refractivity contribution in [1.29, 1.82) is 0 Å². The second kappa shape index (κ2) is 11.4. The zero-order valence-electron chi connectivity index (χ0n) is 16.5. The molecule has 2 aromatic rings. The van der Waals surface area contributed by atoms with E-state index in [1.807, 2.05) is 0 Å². The molecule has 1 unspecified atom stereocenters. The fourth-order valence-electron chi connectivity index (χ4n) is 4.46. The van der Waals surface area contributed by atoms with Gasteiger partial charge in [0.1, 0.15) is 0 Å². The number of unbranched alkanes of at least 4 members (excludes halogenated alkanes) is 2. The summed E-state index contributed by atoms with van der Waals surface area (Å²) in [5.74, 6) is 3.62. The molecule has 0 fully saturated rings. The third kappa shape index (κ3) is 4.82. The maximum atomic E-state index is 3.95. The number of hydrogen-bond acceptors (Lipinski definition) is 0. The maximum Gasteiger partial charge on any atom is -1.00 e. The molecule has 0 heterocycles. The summed E-state index contributed by atoms with van der Waals surface area (Å²) in [6.45, 7) is 2.25. The van der Waals surface area contributed by atoms with Gasteiger partial charge in [-0.3, -0.25) is 0 Å². The molecule has 0 N–H and O–H groups in total. The first-order valence-corrected chi connectivity index (χ1v) is 16.1. The van der Waals surface area contributed by atoms with Crippen molar-refractivity contribution in [2.75, 3.05) is 0 Å². The molecule has 1 atom stereocenters. The average molecular weight is 505 g/mol. The Bertz CT molecular complexity index is 903. The van der Waals surface area contributed by atoms with E-state index in [1.165, 1.54) is 35.1 Å². The molecule has 2 aliphatic carbocycles. The molecule has 3 heteroatoms. The van der Waals surface area contributed by atoms with Crippen molar-refractivity contribution in [3.8, 4) is 20.7 Å². The molecule has 0 aliphatic heterocycles. The molecule has 0 aromatic heterocycles. The zero-order valence-corrected chi connectivity index (χ0v) is 20.5. The summed E-state index contributed by atoms with van der Waals surface area (Å²) < 4.78 is 8.68. The van der Waals surface area contributed by atoms with Crippen LogP contribution in [0.3, 0.4) is 0 Å². The molecule has 4 rings (SSSR count). The van der Waals surface area contributed by atoms with Crippen molar-refractivity contribution in [1.82, 2.24) is 0 Å². The fraction of sp³-hybridized carbons (Fsp3) is 0.308. The van der Waals surface area contributed by atoms with Crippen molar-refractivity contribution in [2.24, 2.45) is 0 Å². The van der Waals surface area contributed by atoms with Crippen LogP contribution >= 0.6 is 0 Å². The van der Waals surface area contributed by atoms with E-state index in [-0.39, 0.29) is 32.2 Å². The van der Waals surface area contributed by atoms with Crippen molar-refractivity contribution in [2.45, 2.75) is 48.3 Å². The van der Waals surface area contributed by atoms with E-state index in [2.05, 4.69) is 87.9 Å². The van der Waals surface area contributed by atoms with Crippen molar-refractivity contribution in [3.05, 3.63) is 81.2 Å². The van der Waals surface area contributed by atoms with Crippen LogP contribution in [0.2, 0.25) is 4.63 Å². The number of benzene rings is 2. The molecule has 152 valence electrons. The molecular formula is C26H30Cl2Zr. The van der Waals surface area contributed by atoms with Gasteiger partial charge < -0.3 is 24.8 Å². The second-order valence-corrected chi connectivity index (χ2v) is 17.1. The Kier molecular flexibility index (Phi) is 10.2. The smallest absolute Gasteiger partial charge is 1.00 e. The number of halogens is 2. The van der Waals surface area contributed by atoms with Gasteiger partial charge in [0.2, 0.25) is 0 Å². The van der Waals surface area contributed by atoms with Gasteiger partial charge in [-0.25, -0.2) is 0 Å². The average Bonchev–Trinajstić information content (AvgIpc) is 3.32. The molecule has 2 aliphatic rings. The first-order chi connectivity index (χ1) is 12.8. The summed E-state index contributed by atoms with van der Waals surface area (Å²) in [7, 11) is 0. The van der Waals surface area contributed by atoms with Gasteiger partial charge in [0.25, 0.3) is 0 Å². The van der Waals surface area contributed by atoms with E-state index in [0.717, 1.165) is 12.8 Å². The molecule has 0 saturated carbocycles. The Morgan fingerprint density at radius 2 is 1.55 bits per heavy atom. The van der Waals surface area contributed by atoms with E-state index in [1.54, 1.807) is 3.28 Å². The quantitative estimate of drug-likeness (QED) is 0.439. The van der Waals surface area contributed by atoms with Crippen LogP contribution in [0.5, 0.6) is 0 Å². The van der Waals surface area contributed by atoms with Crippen molar-refractivity contribution >= 4 is 0 Å². The van der Waals surface area contributed by atoms with Crippen molar-refractivity contribution < 1.29 is 45.1 Å². The Labute approximate surface area is 194 Å². The molecule has 0 spiro atoms. The monoisotopic (exact) mass is 502 g/mol. The molecule has 0 radical (unpaired) electrons. The van der Waals surface area contributed by atoms with E-state index in [9.17, 15) is 0 Å². The number of rotatable bonds is 4. The Balaban J connectivity index is 0.00000140. The van der Waals surface area contributed by atoms with Gasteiger partial charge in [-0.2, -0.15) is 0 Å². The van der Waals surface area contributed by atoms with Crippen LogP contribution in [0.25, 0.3) is 11.1 Å². The largest absolute Gasteiger partial charge is 1.00 e. The third-order valence-corrected chi connectivity index (χ3v) is 16.1. The van der Waals surface area contributed by atoms with Gasteiger partial charge in [0.05, 0.1) is 0 Å². The number of hydrogen-bond donors (Lipinski definition) is 0. The molecule has 0 bridgehead atoms. The summed E-state index contributed by atoms with van der Waals surface area (Å²) in [5, 5.41) is 0. The predicted octanol–water partition coefficient (Wildman–Crippen LogP) is 1.60. The Morgan fingerprint density at radius 3 is 2.07 bits per heavy atom. The van der Waals surface area contributed by atoms with Gasteiger partial charge in [-0.05, 0) is 0 Å². The Hall–Kier alpha value is -1.06. The molecule has 0 saturated heterocycles. The van der Waals surface area contributed by atoms with Crippen LogP contribution in [0.15, 0.2) is 70.0 Å². The second-order valence-electron chi connectivity index (χ2n) is 7.54. The SMILES string of the molecule is C.CCCCC#[C][Zr+2]([CH3])([C]1=CC=CC1)[CH]1c2ccccc2-c2ccccc21.[Cl-].[Cl-]. The molecular weight excluding hydrogens is 474 g/mol. The van der Waals surface area contributed by atoms with Gasteiger partial charge in [-0.1, -0.05) is 7.43 Å². The third-order valence-electron chi connectivity index (χ3n) is 5.85. The summed E-state index contributed by atoms with van der Waals surface area (Å²) in [6, 6.07) is 18.1. The number of allylic oxidation sites excluding steroid dienone is 4. The van der Waals surface area contributed by atoms with Crippen LogP contribution < -0.4 is 24.8 Å². The first kappa shape index (κ1) is 26.0. The van der Waals surface area contributed by atoms with Crippen LogP contribution in [-0.4, -0.2) is 0 Å². The summed E-state index contributed by atoms with van der Waals surface area (Å²) in [5.41, 5.74) is 5.89. The van der Waals surface area contributed by atoms with E-state index in [4.69, 9.17) is 0 Å². The molecule has 0 nitrogen and oxygen atoms in total. The standard InChI is InChI=1S/C13H9.C6H9.C5H5.CH4.CH3.2ClH.Zr/c1-3-7-12-10(5-1)9-11-6-2-4-8-13(11)12;1-3-5-6-4-2;1-2-4-5-3-1;;;;;/h1-9H;3,5-6H2,1H3;1-3H,4H2;1H4;1H3;2*1H;/q;;;;;;;+2/p-2. The minimum Gasteiger partial charge on any atom is -1.00 e. The molecule has 29 heavy (non-hydrogen) atoms. The minimum atomic E-state index is -2.94. The van der Waals surface area contributed by atoms with Gasteiger partial charge >= 0.3 is 163 Å². The summed E-state index contributed by atoms with van der Waals surface area (Å²) in [4.78, 5) is 0. The van der Waals surface area contributed by atoms with E-state index < -0.39 is 20.3 Å². The van der Waals surface area contributed by atoms with Crippen molar-refractivity contribution in [3.63, 3.8) is 0 Å². The summed E-state index contributed by atoms with van der Waals surface area (Å²) >= 11 is -2.94. The zero-order chi connectivity index (χ0) is 18.0. The first-order valence-electron chi connectivity index (χ1n) is 9.80. The minimum absolute atomic E-state index is 0. The van der Waals surface area contributed by atoms with Crippen LogP contribution in [0, 0.1) is 9.55 Å². The molecule has 0 amide bonds. The fourth-order valence-corrected chi connectivity index (χ4v) is 14.0. The summed E-state index contributed by atoms with van der Waals surface area (Å²) in [6.07, 6.45) is 11.5. The van der Waals surface area contributed by atoms with Gasteiger partial charge in [0, 0.05) is 0 Å². The Morgan fingerprint density at radius 1 is 0.966 bits per heavy atom. The van der Waals surface area contributed by atoms with Crippen LogP contribution in [-0.2, 0) is 20.3 Å². The van der Waals surface area contributed by atoms with Gasteiger partial charge in [0.15, 0.2) is 0 Å². The van der Waals surface area contributed by atoms with Crippen LogP contribution in [0.1, 0.15) is 54.8 Å². The van der Waals surface area contributed by atoms with E-state index in [0.29, 0.717) is 3.63 Å². The normalized spacial score (nSPS) is 14.2. The van der Waals surface area contributed by atoms with Crippen LogP contribution in [0.4, 0.5) is 0 Å².